The smallest absolute Gasteiger partial charge is 0.246 e. The third-order valence-corrected chi connectivity index (χ3v) is 8.63. The molecule has 1 saturated heterocycles. The van der Waals surface area contributed by atoms with Crippen LogP contribution >= 0.6 is 0 Å². The molecule has 2 atom stereocenters. The maximum Gasteiger partial charge on any atom is 0.246 e. The molecule has 0 aromatic heterocycles. The minimum absolute atomic E-state index is 0.0674. The first-order chi connectivity index (χ1) is 21.3. The van der Waals surface area contributed by atoms with Crippen molar-refractivity contribution in [1.82, 2.24) is 19.6 Å². The Kier molecular flexibility index (Phi) is 11.2. The van der Waals surface area contributed by atoms with Crippen molar-refractivity contribution < 1.29 is 14.4 Å². The maximum absolute atomic E-state index is 14.6. The summed E-state index contributed by atoms with van der Waals surface area (Å²) in [7, 11) is 5.42. The second-order valence-electron chi connectivity index (χ2n) is 13.3. The summed E-state index contributed by atoms with van der Waals surface area (Å²) >= 11 is 0. The summed E-state index contributed by atoms with van der Waals surface area (Å²) in [6.07, 6.45) is 2.83. The fourth-order valence-corrected chi connectivity index (χ4v) is 6.07. The summed E-state index contributed by atoms with van der Waals surface area (Å²) in [5.74, 6) is -0.607. The predicted molar refractivity (Wildman–Crippen MR) is 182 cm³/mol. The molecule has 4 rings (SSSR count). The molecule has 0 saturated carbocycles. The van der Waals surface area contributed by atoms with E-state index in [2.05, 4.69) is 17.0 Å². The van der Waals surface area contributed by atoms with Gasteiger partial charge in [0.1, 0.15) is 12.1 Å². The van der Waals surface area contributed by atoms with E-state index in [0.29, 0.717) is 32.4 Å². The summed E-state index contributed by atoms with van der Waals surface area (Å²) in [6, 6.07) is 22.5. The van der Waals surface area contributed by atoms with Crippen molar-refractivity contribution in [1.29, 1.82) is 0 Å². The van der Waals surface area contributed by atoms with Crippen LogP contribution in [-0.2, 0) is 27.2 Å². The molecule has 8 nitrogen and oxygen atoms in total. The number of nitrogens with two attached hydrogens (primary N) is 1. The molecule has 3 amide bonds. The molecule has 0 bridgehead atoms. The monoisotopic (exact) mass is 611 g/mol. The van der Waals surface area contributed by atoms with Gasteiger partial charge in [0, 0.05) is 64.7 Å². The Morgan fingerprint density at radius 1 is 0.822 bits per heavy atom. The Bertz CT molecular complexity index is 1510. The minimum Gasteiger partial charge on any atom is -0.338 e. The number of hydrogen-bond acceptors (Lipinski definition) is 5. The van der Waals surface area contributed by atoms with Crippen LogP contribution in [0.25, 0.3) is 10.8 Å². The largest absolute Gasteiger partial charge is 0.338 e. The molecular formula is C37H49N5O3. The van der Waals surface area contributed by atoms with Crippen LogP contribution in [0, 0.1) is 0 Å². The molecule has 0 radical (unpaired) electrons. The highest BCUT2D eigenvalue weighted by molar-refractivity contribution is 5.95. The topological polar surface area (TPSA) is 90.2 Å². The molecule has 2 N–H and O–H groups in total. The molecule has 3 aromatic carbocycles. The van der Waals surface area contributed by atoms with Crippen molar-refractivity contribution in [2.24, 2.45) is 5.73 Å². The van der Waals surface area contributed by atoms with E-state index in [-0.39, 0.29) is 17.7 Å². The third kappa shape index (κ3) is 9.25. The van der Waals surface area contributed by atoms with Crippen LogP contribution < -0.4 is 5.73 Å². The Morgan fingerprint density at radius 3 is 2.07 bits per heavy atom. The van der Waals surface area contributed by atoms with Gasteiger partial charge >= 0.3 is 0 Å². The van der Waals surface area contributed by atoms with E-state index in [9.17, 15) is 14.4 Å². The first kappa shape index (κ1) is 33.9. The number of nitrogens with zero attached hydrogens (tertiary/aromatic N) is 4. The molecule has 1 aliphatic rings. The van der Waals surface area contributed by atoms with E-state index in [1.807, 2.05) is 93.4 Å². The normalized spacial score (nSPS) is 15.9. The molecule has 8 heteroatoms. The Labute approximate surface area is 268 Å². The van der Waals surface area contributed by atoms with E-state index in [0.717, 1.165) is 40.6 Å². The number of rotatable bonds is 11. The first-order valence-corrected chi connectivity index (χ1v) is 15.8. The van der Waals surface area contributed by atoms with Gasteiger partial charge in [-0.15, -0.1) is 0 Å². The van der Waals surface area contributed by atoms with Gasteiger partial charge in [0.25, 0.3) is 0 Å². The number of likely N-dealkylation sites (N-methyl/N-ethyl adjacent to an activating group) is 3. The molecule has 1 fully saturated rings. The molecule has 240 valence electrons. The second-order valence-corrected chi connectivity index (χ2v) is 13.3. The number of piperazine rings is 1. The molecule has 3 aromatic rings. The lowest BCUT2D eigenvalue weighted by atomic mass is 9.96. The van der Waals surface area contributed by atoms with Crippen molar-refractivity contribution >= 4 is 28.5 Å². The van der Waals surface area contributed by atoms with E-state index in [4.69, 9.17) is 5.73 Å². The highest BCUT2D eigenvalue weighted by Crippen LogP contribution is 2.21. The van der Waals surface area contributed by atoms with Crippen LogP contribution in [0.5, 0.6) is 0 Å². The zero-order valence-corrected chi connectivity index (χ0v) is 27.7. The molecule has 0 aliphatic carbocycles. The maximum atomic E-state index is 14.6. The molecule has 45 heavy (non-hydrogen) atoms. The van der Waals surface area contributed by atoms with E-state index in [1.165, 1.54) is 4.90 Å². The predicted octanol–water partition coefficient (Wildman–Crippen LogP) is 4.13. The van der Waals surface area contributed by atoms with Gasteiger partial charge in [-0.05, 0) is 56.1 Å². The average molecular weight is 612 g/mol. The zero-order valence-electron chi connectivity index (χ0n) is 27.7. The van der Waals surface area contributed by atoms with Gasteiger partial charge in [-0.1, -0.05) is 78.4 Å². The van der Waals surface area contributed by atoms with Crippen molar-refractivity contribution in [3.05, 3.63) is 95.6 Å². The fourth-order valence-electron chi connectivity index (χ4n) is 6.07. The van der Waals surface area contributed by atoms with Gasteiger partial charge in [0.2, 0.25) is 17.7 Å². The minimum atomic E-state index is -0.822. The highest BCUT2D eigenvalue weighted by Gasteiger charge is 2.37. The summed E-state index contributed by atoms with van der Waals surface area (Å²) in [5, 5.41) is 2.17. The number of carbonyl (C=O) groups excluding carboxylic acids is 3. The lowest BCUT2D eigenvalue weighted by Crippen LogP contribution is -2.58. The van der Waals surface area contributed by atoms with Crippen molar-refractivity contribution in [3.8, 4) is 0 Å². The van der Waals surface area contributed by atoms with Crippen LogP contribution in [0.1, 0.15) is 38.3 Å². The van der Waals surface area contributed by atoms with Crippen molar-refractivity contribution in [2.75, 3.05) is 47.3 Å². The summed E-state index contributed by atoms with van der Waals surface area (Å²) in [4.78, 5) is 49.4. The van der Waals surface area contributed by atoms with E-state index >= 15 is 0 Å². The van der Waals surface area contributed by atoms with Gasteiger partial charge in [0.05, 0.1) is 0 Å². The lowest BCUT2D eigenvalue weighted by Gasteiger charge is -2.39. The van der Waals surface area contributed by atoms with Crippen LogP contribution in [-0.4, -0.2) is 102 Å². The number of benzene rings is 3. The quantitative estimate of drug-likeness (QED) is 0.330. The first-order valence-electron chi connectivity index (χ1n) is 15.8. The number of amides is 3. The van der Waals surface area contributed by atoms with Gasteiger partial charge in [0.15, 0.2) is 0 Å². The van der Waals surface area contributed by atoms with Crippen LogP contribution in [0.4, 0.5) is 0 Å². The van der Waals surface area contributed by atoms with Gasteiger partial charge in [-0.2, -0.15) is 0 Å². The molecule has 0 spiro atoms. The molecule has 0 unspecified atom stereocenters. The standard InChI is InChI=1S/C37H49N5O3/c1-27(26-37(2,3)38)22-34(43)40(5)32(25-29-16-17-30-14-10-11-15-31(30)23-29)35(44)41(6)33(24-28-12-8-7-9-13-28)36(45)42-20-18-39(4)19-21-42/h7-17,22-23,32-33H,18-21,24-26,38H2,1-6H3/t32-,33-/m1/s1. The Balaban J connectivity index is 1.68. The number of hydrogen-bond donors (Lipinski definition) is 1. The lowest BCUT2D eigenvalue weighted by molar-refractivity contribution is -0.149. The SMILES string of the molecule is CC(=CC(=O)N(C)[C@H](Cc1ccc2ccccc2c1)C(=O)N(C)[C@H](Cc1ccccc1)C(=O)N1CCN(C)CC1)CC(C)(C)N. The van der Waals surface area contributed by atoms with Crippen molar-refractivity contribution in [2.45, 2.75) is 57.7 Å². The average Bonchev–Trinajstić information content (AvgIpc) is 3.01. The Hall–Kier alpha value is -4.01. The van der Waals surface area contributed by atoms with Crippen LogP contribution in [0.3, 0.4) is 0 Å². The number of fused-ring (bicyclic) bond motifs is 1. The summed E-state index contributed by atoms with van der Waals surface area (Å²) in [6.45, 7) is 8.53. The fraction of sp³-hybridized carbons (Fsp3) is 0.432. The van der Waals surface area contributed by atoms with Crippen LogP contribution in [0.15, 0.2) is 84.4 Å². The van der Waals surface area contributed by atoms with Gasteiger partial charge in [-0.25, -0.2) is 0 Å². The highest BCUT2D eigenvalue weighted by atomic mass is 16.2. The van der Waals surface area contributed by atoms with Crippen molar-refractivity contribution in [3.63, 3.8) is 0 Å². The molecular weight excluding hydrogens is 562 g/mol. The summed E-state index contributed by atoms with van der Waals surface area (Å²) < 4.78 is 0. The van der Waals surface area contributed by atoms with Gasteiger partial charge in [-0.3, -0.25) is 14.4 Å². The zero-order chi connectivity index (χ0) is 32.7. The van der Waals surface area contributed by atoms with E-state index in [1.54, 1.807) is 25.1 Å². The third-order valence-electron chi connectivity index (χ3n) is 8.63. The van der Waals surface area contributed by atoms with E-state index < -0.39 is 17.6 Å². The van der Waals surface area contributed by atoms with Crippen LogP contribution in [0.2, 0.25) is 0 Å². The second kappa shape index (κ2) is 14.8. The van der Waals surface area contributed by atoms with Gasteiger partial charge < -0.3 is 25.3 Å². The molecule has 1 heterocycles. The number of carbonyl (C=O) groups is 3. The summed E-state index contributed by atoms with van der Waals surface area (Å²) in [5.41, 5.74) is 8.51. The molecule has 1 aliphatic heterocycles. The Morgan fingerprint density at radius 2 is 1.42 bits per heavy atom.